The summed E-state index contributed by atoms with van der Waals surface area (Å²) in [4.78, 5) is 40.1. The van der Waals surface area contributed by atoms with Gasteiger partial charge in [-0.25, -0.2) is 4.79 Å². The van der Waals surface area contributed by atoms with Crippen LogP contribution >= 0.6 is 11.8 Å². The molecule has 0 aromatic heterocycles. The van der Waals surface area contributed by atoms with Crippen LogP contribution in [0.2, 0.25) is 0 Å². The first-order valence-electron chi connectivity index (χ1n) is 10.0. The number of carbonyl (C=O) groups excluding carboxylic acids is 2. The van der Waals surface area contributed by atoms with Gasteiger partial charge in [0.1, 0.15) is 11.7 Å². The number of anilines is 1. The molecule has 0 bridgehead atoms. The Hall–Kier alpha value is -2.29. The quantitative estimate of drug-likeness (QED) is 0.410. The Morgan fingerprint density at radius 1 is 1.28 bits per heavy atom. The molecule has 9 heteroatoms. The minimum Gasteiger partial charge on any atom is -0.464 e. The summed E-state index contributed by atoms with van der Waals surface area (Å²) < 4.78 is 5.11. The molecule has 2 fully saturated rings. The summed E-state index contributed by atoms with van der Waals surface area (Å²) in [7, 11) is 0. The van der Waals surface area contributed by atoms with E-state index in [1.807, 2.05) is 4.90 Å². The van der Waals surface area contributed by atoms with E-state index in [0.29, 0.717) is 29.7 Å². The summed E-state index contributed by atoms with van der Waals surface area (Å²) in [5, 5.41) is 11.7. The van der Waals surface area contributed by atoms with E-state index in [1.54, 1.807) is 30.8 Å². The molecule has 1 aromatic rings. The van der Waals surface area contributed by atoms with Crippen molar-refractivity contribution in [1.82, 2.24) is 4.90 Å². The van der Waals surface area contributed by atoms with Crippen molar-refractivity contribution in [2.24, 2.45) is 5.92 Å². The van der Waals surface area contributed by atoms with Crippen LogP contribution < -0.4 is 4.90 Å². The Bertz CT molecular complexity index is 779. The second-order valence-electron chi connectivity index (χ2n) is 7.47. The number of carbonyl (C=O) groups is 2. The Morgan fingerprint density at radius 3 is 2.66 bits per heavy atom. The Labute approximate surface area is 174 Å². The number of esters is 1. The van der Waals surface area contributed by atoms with Crippen molar-refractivity contribution in [3.8, 4) is 0 Å². The van der Waals surface area contributed by atoms with E-state index < -0.39 is 16.9 Å². The number of nitro benzene ring substituents is 1. The van der Waals surface area contributed by atoms with Gasteiger partial charge in [0, 0.05) is 42.8 Å². The van der Waals surface area contributed by atoms with Crippen molar-refractivity contribution < 1.29 is 19.2 Å². The fourth-order valence-electron chi connectivity index (χ4n) is 3.77. The molecule has 1 amide bonds. The van der Waals surface area contributed by atoms with Crippen molar-refractivity contribution in [3.05, 3.63) is 33.9 Å². The lowest BCUT2D eigenvalue weighted by molar-refractivity contribution is -0.384. The van der Waals surface area contributed by atoms with Crippen LogP contribution in [-0.2, 0) is 9.53 Å². The van der Waals surface area contributed by atoms with E-state index in [9.17, 15) is 19.7 Å². The molecule has 3 rings (SSSR count). The first kappa shape index (κ1) is 21.4. The van der Waals surface area contributed by atoms with Crippen LogP contribution in [0.4, 0.5) is 11.4 Å². The number of nitro groups is 1. The first-order chi connectivity index (χ1) is 13.9. The van der Waals surface area contributed by atoms with Crippen molar-refractivity contribution in [2.75, 3.05) is 42.6 Å². The highest BCUT2D eigenvalue weighted by atomic mass is 32.2. The number of piperidine rings is 1. The van der Waals surface area contributed by atoms with Crippen LogP contribution in [0.25, 0.3) is 0 Å². The van der Waals surface area contributed by atoms with Gasteiger partial charge in [-0.15, -0.1) is 0 Å². The SMILES string of the molecule is CCOC(=O)C1CSCCN1C(=O)c1ccc(N2CCC(C)CC2)c([N+](=O)[O-])c1. The summed E-state index contributed by atoms with van der Waals surface area (Å²) in [6.45, 7) is 6.10. The van der Waals surface area contributed by atoms with E-state index >= 15 is 0 Å². The molecule has 0 radical (unpaired) electrons. The molecule has 2 aliphatic heterocycles. The highest BCUT2D eigenvalue weighted by molar-refractivity contribution is 7.99. The lowest BCUT2D eigenvalue weighted by atomic mass is 9.98. The largest absolute Gasteiger partial charge is 0.464 e. The molecular weight excluding hydrogens is 394 g/mol. The molecule has 0 aliphatic carbocycles. The molecular formula is C20H27N3O5S. The predicted molar refractivity (Wildman–Crippen MR) is 112 cm³/mol. The highest BCUT2D eigenvalue weighted by Gasteiger charge is 2.35. The number of rotatable bonds is 5. The van der Waals surface area contributed by atoms with Crippen LogP contribution in [0.15, 0.2) is 18.2 Å². The van der Waals surface area contributed by atoms with Crippen LogP contribution in [0.1, 0.15) is 37.0 Å². The normalized spacial score (nSPS) is 20.4. The van der Waals surface area contributed by atoms with Gasteiger partial charge in [-0.2, -0.15) is 11.8 Å². The van der Waals surface area contributed by atoms with Gasteiger partial charge in [-0.1, -0.05) is 6.92 Å². The Kier molecular flexibility index (Phi) is 7.00. The zero-order valence-electron chi connectivity index (χ0n) is 16.8. The lowest BCUT2D eigenvalue weighted by Gasteiger charge is -2.34. The average molecular weight is 422 g/mol. The summed E-state index contributed by atoms with van der Waals surface area (Å²) in [6, 6.07) is 3.98. The van der Waals surface area contributed by atoms with Crippen LogP contribution in [0.5, 0.6) is 0 Å². The lowest BCUT2D eigenvalue weighted by Crippen LogP contribution is -2.51. The fraction of sp³-hybridized carbons (Fsp3) is 0.600. The number of amides is 1. The van der Waals surface area contributed by atoms with Crippen molar-refractivity contribution in [3.63, 3.8) is 0 Å². The molecule has 29 heavy (non-hydrogen) atoms. The molecule has 0 saturated carbocycles. The third-order valence-corrected chi connectivity index (χ3v) is 6.51. The van der Waals surface area contributed by atoms with E-state index in [1.165, 1.54) is 11.0 Å². The summed E-state index contributed by atoms with van der Waals surface area (Å²) >= 11 is 1.59. The van der Waals surface area contributed by atoms with Gasteiger partial charge >= 0.3 is 5.97 Å². The highest BCUT2D eigenvalue weighted by Crippen LogP contribution is 2.33. The number of thioether (sulfide) groups is 1. The van der Waals surface area contributed by atoms with Crippen molar-refractivity contribution in [2.45, 2.75) is 32.7 Å². The monoisotopic (exact) mass is 421 g/mol. The zero-order valence-corrected chi connectivity index (χ0v) is 17.7. The molecule has 0 N–H and O–H groups in total. The molecule has 1 aromatic carbocycles. The summed E-state index contributed by atoms with van der Waals surface area (Å²) in [5.74, 6) is 1.000. The second kappa shape index (κ2) is 9.47. The Morgan fingerprint density at radius 2 is 2.00 bits per heavy atom. The maximum absolute atomic E-state index is 13.1. The number of hydrogen-bond acceptors (Lipinski definition) is 7. The summed E-state index contributed by atoms with van der Waals surface area (Å²) in [5.41, 5.74) is 0.714. The van der Waals surface area contributed by atoms with E-state index in [2.05, 4.69) is 6.92 Å². The number of benzene rings is 1. The van der Waals surface area contributed by atoms with Crippen molar-refractivity contribution in [1.29, 1.82) is 0 Å². The van der Waals surface area contributed by atoms with Gasteiger partial charge in [0.15, 0.2) is 0 Å². The standard InChI is InChI=1S/C20H27N3O5S/c1-3-28-20(25)18-13-29-11-10-22(18)19(24)15-4-5-16(17(12-15)23(26)27)21-8-6-14(2)7-9-21/h4-5,12,14,18H,3,6-11,13H2,1-2H3. The van der Waals surface area contributed by atoms with Gasteiger partial charge in [-0.3, -0.25) is 14.9 Å². The minimum absolute atomic E-state index is 0.0653. The van der Waals surface area contributed by atoms with Gasteiger partial charge in [0.2, 0.25) is 0 Å². The van der Waals surface area contributed by atoms with Crippen molar-refractivity contribution >= 4 is 35.0 Å². The van der Waals surface area contributed by atoms with E-state index in [-0.39, 0.29) is 23.8 Å². The van der Waals surface area contributed by atoms with Crippen LogP contribution in [-0.4, -0.2) is 65.5 Å². The zero-order chi connectivity index (χ0) is 21.0. The maximum atomic E-state index is 13.1. The fourth-order valence-corrected chi connectivity index (χ4v) is 4.80. The average Bonchev–Trinajstić information content (AvgIpc) is 2.73. The van der Waals surface area contributed by atoms with E-state index in [4.69, 9.17) is 4.74 Å². The topological polar surface area (TPSA) is 93.0 Å². The maximum Gasteiger partial charge on any atom is 0.329 e. The Balaban J connectivity index is 1.86. The number of nitrogens with zero attached hydrogens (tertiary/aromatic N) is 3. The third kappa shape index (κ3) is 4.83. The molecule has 1 unspecified atom stereocenters. The predicted octanol–water partition coefficient (Wildman–Crippen LogP) is 2.95. The van der Waals surface area contributed by atoms with E-state index in [0.717, 1.165) is 25.9 Å². The van der Waals surface area contributed by atoms with Gasteiger partial charge in [0.05, 0.1) is 11.5 Å². The second-order valence-corrected chi connectivity index (χ2v) is 8.62. The number of ether oxygens (including phenoxy) is 1. The van der Waals surface area contributed by atoms with Crippen LogP contribution in [0, 0.1) is 16.0 Å². The molecule has 2 saturated heterocycles. The summed E-state index contributed by atoms with van der Waals surface area (Å²) in [6.07, 6.45) is 1.98. The minimum atomic E-state index is -0.663. The molecule has 2 heterocycles. The molecule has 0 spiro atoms. The number of hydrogen-bond donors (Lipinski definition) is 0. The van der Waals surface area contributed by atoms with Gasteiger partial charge < -0.3 is 14.5 Å². The van der Waals surface area contributed by atoms with Gasteiger partial charge in [0.25, 0.3) is 11.6 Å². The molecule has 8 nitrogen and oxygen atoms in total. The smallest absolute Gasteiger partial charge is 0.329 e. The molecule has 158 valence electrons. The molecule has 1 atom stereocenters. The van der Waals surface area contributed by atoms with Crippen LogP contribution in [0.3, 0.4) is 0 Å². The first-order valence-corrected chi connectivity index (χ1v) is 11.2. The van der Waals surface area contributed by atoms with Gasteiger partial charge in [-0.05, 0) is 37.8 Å². The molecule has 2 aliphatic rings. The third-order valence-electron chi connectivity index (χ3n) is 5.49.